The normalized spacial score (nSPS) is 20.4. The van der Waals surface area contributed by atoms with Crippen molar-refractivity contribution in [2.75, 3.05) is 0 Å². The van der Waals surface area contributed by atoms with Crippen LogP contribution in [0.3, 0.4) is 0 Å². The van der Waals surface area contributed by atoms with Crippen LogP contribution in [0.5, 0.6) is 0 Å². The minimum atomic E-state index is -0.487. The van der Waals surface area contributed by atoms with Gasteiger partial charge in [0.05, 0.1) is 5.54 Å². The molecule has 0 aliphatic heterocycles. The first-order valence-electron chi connectivity index (χ1n) is 5.62. The molecule has 1 fully saturated rings. The third-order valence-corrected chi connectivity index (χ3v) is 3.11. The molecule has 2 heteroatoms. The largest absolute Gasteiger partial charge is 0.319 e. The quantitative estimate of drug-likeness (QED) is 0.541. The molecule has 1 aliphatic carbocycles. The molecule has 2 N–H and O–H groups in total. The van der Waals surface area contributed by atoms with Gasteiger partial charge in [-0.1, -0.05) is 25.3 Å². The minimum Gasteiger partial charge on any atom is -0.319 e. The average Bonchev–Trinajstić information content (AvgIpc) is 2.19. The van der Waals surface area contributed by atoms with Crippen LogP contribution in [0.1, 0.15) is 51.4 Å². The third kappa shape index (κ3) is 2.95. The molecular formula is C12H21NO. The van der Waals surface area contributed by atoms with Crippen molar-refractivity contribution in [1.82, 2.24) is 0 Å². The summed E-state index contributed by atoms with van der Waals surface area (Å²) in [6.07, 6.45) is 9.55. The first-order valence-corrected chi connectivity index (χ1v) is 5.62. The molecule has 0 aromatic carbocycles. The second-order valence-electron chi connectivity index (χ2n) is 4.32. The fourth-order valence-corrected chi connectivity index (χ4v) is 2.12. The van der Waals surface area contributed by atoms with Gasteiger partial charge in [-0.15, -0.1) is 6.58 Å². The van der Waals surface area contributed by atoms with Crippen LogP contribution in [-0.4, -0.2) is 11.3 Å². The van der Waals surface area contributed by atoms with E-state index in [9.17, 15) is 4.79 Å². The summed E-state index contributed by atoms with van der Waals surface area (Å²) < 4.78 is 0. The summed E-state index contributed by atoms with van der Waals surface area (Å²) >= 11 is 0. The summed E-state index contributed by atoms with van der Waals surface area (Å²) in [4.78, 5) is 11.8. The predicted octanol–water partition coefficient (Wildman–Crippen LogP) is 2.57. The molecule has 0 spiro atoms. The molecular weight excluding hydrogens is 174 g/mol. The van der Waals surface area contributed by atoms with Crippen LogP contribution in [0, 0.1) is 0 Å². The summed E-state index contributed by atoms with van der Waals surface area (Å²) in [5, 5.41) is 0. The van der Waals surface area contributed by atoms with E-state index in [0.717, 1.165) is 38.5 Å². The van der Waals surface area contributed by atoms with Gasteiger partial charge in [0.15, 0.2) is 5.78 Å². The summed E-state index contributed by atoms with van der Waals surface area (Å²) in [6.45, 7) is 3.64. The van der Waals surface area contributed by atoms with Gasteiger partial charge in [-0.25, -0.2) is 0 Å². The maximum Gasteiger partial charge on any atom is 0.152 e. The lowest BCUT2D eigenvalue weighted by Crippen LogP contribution is -2.49. The molecule has 0 saturated heterocycles. The molecule has 0 atom stereocenters. The van der Waals surface area contributed by atoms with E-state index >= 15 is 0 Å². The molecule has 0 bridgehead atoms. The van der Waals surface area contributed by atoms with Crippen LogP contribution in [0.25, 0.3) is 0 Å². The molecule has 1 rings (SSSR count). The van der Waals surface area contributed by atoms with E-state index in [1.54, 1.807) is 0 Å². The molecule has 1 aliphatic rings. The number of rotatable bonds is 5. The van der Waals surface area contributed by atoms with E-state index < -0.39 is 5.54 Å². The number of carbonyl (C=O) groups is 1. The van der Waals surface area contributed by atoms with Crippen molar-refractivity contribution >= 4 is 5.78 Å². The molecule has 0 heterocycles. The monoisotopic (exact) mass is 195 g/mol. The van der Waals surface area contributed by atoms with Gasteiger partial charge in [-0.2, -0.15) is 0 Å². The van der Waals surface area contributed by atoms with Crippen molar-refractivity contribution in [2.45, 2.75) is 56.9 Å². The van der Waals surface area contributed by atoms with Crippen molar-refractivity contribution < 1.29 is 4.79 Å². The van der Waals surface area contributed by atoms with Gasteiger partial charge in [-0.3, -0.25) is 4.79 Å². The number of hydrogen-bond acceptors (Lipinski definition) is 2. The van der Waals surface area contributed by atoms with E-state index in [0.29, 0.717) is 6.42 Å². The number of ketones is 1. The van der Waals surface area contributed by atoms with Crippen LogP contribution >= 0.6 is 0 Å². The third-order valence-electron chi connectivity index (χ3n) is 3.11. The Morgan fingerprint density at radius 2 is 2.00 bits per heavy atom. The molecule has 1 saturated carbocycles. The molecule has 14 heavy (non-hydrogen) atoms. The van der Waals surface area contributed by atoms with E-state index in [4.69, 9.17) is 5.73 Å². The molecule has 80 valence electrons. The van der Waals surface area contributed by atoms with Crippen molar-refractivity contribution in [2.24, 2.45) is 5.73 Å². The van der Waals surface area contributed by atoms with E-state index in [2.05, 4.69) is 6.58 Å². The zero-order valence-corrected chi connectivity index (χ0v) is 8.93. The molecule has 2 nitrogen and oxygen atoms in total. The first kappa shape index (κ1) is 11.4. The Hall–Kier alpha value is -0.630. The summed E-state index contributed by atoms with van der Waals surface area (Å²) in [5.41, 5.74) is 5.62. The maximum absolute atomic E-state index is 11.8. The van der Waals surface area contributed by atoms with Gasteiger partial charge in [-0.05, 0) is 25.7 Å². The second-order valence-corrected chi connectivity index (χ2v) is 4.32. The Bertz CT molecular complexity index is 204. The van der Waals surface area contributed by atoms with Crippen molar-refractivity contribution in [3.05, 3.63) is 12.7 Å². The van der Waals surface area contributed by atoms with E-state index in [-0.39, 0.29) is 5.78 Å². The molecule has 0 radical (unpaired) electrons. The zero-order chi connectivity index (χ0) is 10.4. The second kappa shape index (κ2) is 5.30. The van der Waals surface area contributed by atoms with Crippen molar-refractivity contribution in [3.63, 3.8) is 0 Å². The highest BCUT2D eigenvalue weighted by Gasteiger charge is 2.33. The highest BCUT2D eigenvalue weighted by Crippen LogP contribution is 2.28. The SMILES string of the molecule is C=CCCCC(=O)C1(N)CCCCC1. The van der Waals surface area contributed by atoms with Gasteiger partial charge < -0.3 is 5.73 Å². The van der Waals surface area contributed by atoms with Crippen LogP contribution in [0.15, 0.2) is 12.7 Å². The van der Waals surface area contributed by atoms with Crippen LogP contribution in [0.2, 0.25) is 0 Å². The Morgan fingerprint density at radius 1 is 1.36 bits per heavy atom. The lowest BCUT2D eigenvalue weighted by molar-refractivity contribution is -0.125. The Kier molecular flexibility index (Phi) is 4.33. The number of hydrogen-bond donors (Lipinski definition) is 1. The highest BCUT2D eigenvalue weighted by atomic mass is 16.1. The number of unbranched alkanes of at least 4 members (excludes halogenated alkanes) is 1. The van der Waals surface area contributed by atoms with Gasteiger partial charge >= 0.3 is 0 Å². The van der Waals surface area contributed by atoms with Gasteiger partial charge in [0.1, 0.15) is 0 Å². The molecule has 0 amide bonds. The number of nitrogens with two attached hydrogens (primary N) is 1. The molecule has 0 aromatic heterocycles. The van der Waals surface area contributed by atoms with Gasteiger partial charge in [0.25, 0.3) is 0 Å². The fourth-order valence-electron chi connectivity index (χ4n) is 2.12. The van der Waals surface area contributed by atoms with Crippen molar-refractivity contribution in [1.29, 1.82) is 0 Å². The zero-order valence-electron chi connectivity index (χ0n) is 8.93. The lowest BCUT2D eigenvalue weighted by Gasteiger charge is -2.31. The molecule has 0 unspecified atom stereocenters. The van der Waals surface area contributed by atoms with E-state index in [1.807, 2.05) is 6.08 Å². The van der Waals surface area contributed by atoms with Crippen LogP contribution < -0.4 is 5.73 Å². The summed E-state index contributed by atoms with van der Waals surface area (Å²) in [6, 6.07) is 0. The summed E-state index contributed by atoms with van der Waals surface area (Å²) in [7, 11) is 0. The Balaban J connectivity index is 2.36. The summed E-state index contributed by atoms with van der Waals surface area (Å²) in [5.74, 6) is 0.263. The van der Waals surface area contributed by atoms with Crippen LogP contribution in [-0.2, 0) is 4.79 Å². The van der Waals surface area contributed by atoms with Gasteiger partial charge in [0.2, 0.25) is 0 Å². The number of allylic oxidation sites excluding steroid dienone is 1. The Labute approximate surface area is 86.6 Å². The molecule has 0 aromatic rings. The Morgan fingerprint density at radius 3 is 2.57 bits per heavy atom. The highest BCUT2D eigenvalue weighted by molar-refractivity contribution is 5.88. The van der Waals surface area contributed by atoms with Crippen LogP contribution in [0.4, 0.5) is 0 Å². The fraction of sp³-hybridized carbons (Fsp3) is 0.750. The average molecular weight is 195 g/mol. The first-order chi connectivity index (χ1) is 6.69. The smallest absolute Gasteiger partial charge is 0.152 e. The number of Topliss-reactive ketones (excluding diaryl/α,β-unsaturated/α-hetero) is 1. The van der Waals surface area contributed by atoms with Gasteiger partial charge in [0, 0.05) is 6.42 Å². The predicted molar refractivity (Wildman–Crippen MR) is 59.1 cm³/mol. The van der Waals surface area contributed by atoms with E-state index in [1.165, 1.54) is 6.42 Å². The topological polar surface area (TPSA) is 43.1 Å². The number of carbonyl (C=O) groups excluding carboxylic acids is 1. The minimum absolute atomic E-state index is 0.263. The standard InChI is InChI=1S/C12H21NO/c1-2-3-5-8-11(14)12(13)9-6-4-7-10-12/h2H,1,3-10,13H2. The van der Waals surface area contributed by atoms with Crippen molar-refractivity contribution in [3.8, 4) is 0 Å². The lowest BCUT2D eigenvalue weighted by atomic mass is 9.78. The maximum atomic E-state index is 11.8.